The van der Waals surface area contributed by atoms with E-state index in [-0.39, 0.29) is 5.92 Å². The van der Waals surface area contributed by atoms with Crippen LogP contribution in [0.1, 0.15) is 49.3 Å². The van der Waals surface area contributed by atoms with Crippen molar-refractivity contribution in [3.8, 4) is 0 Å². The molecule has 0 saturated heterocycles. The highest BCUT2D eigenvalue weighted by Crippen LogP contribution is 2.18. The maximum absolute atomic E-state index is 11.6. The van der Waals surface area contributed by atoms with Crippen molar-refractivity contribution >= 4 is 5.97 Å². The third-order valence-electron chi connectivity index (χ3n) is 2.49. The Morgan fingerprint density at radius 1 is 1.39 bits per heavy atom. The van der Waals surface area contributed by atoms with Gasteiger partial charge in [-0.25, -0.2) is 9.48 Å². The number of ether oxygens (including phenoxy) is 2. The highest BCUT2D eigenvalue weighted by molar-refractivity contribution is 5.88. The first-order valence-corrected chi connectivity index (χ1v) is 6.21. The van der Waals surface area contributed by atoms with Crippen LogP contribution >= 0.6 is 0 Å². The molecular weight excluding hydrogens is 234 g/mol. The van der Waals surface area contributed by atoms with Crippen LogP contribution in [0.25, 0.3) is 0 Å². The zero-order chi connectivity index (χ0) is 13.5. The predicted octanol–water partition coefficient (Wildman–Crippen LogP) is 1.61. The van der Waals surface area contributed by atoms with Crippen molar-refractivity contribution in [3.05, 3.63) is 11.4 Å². The number of carbonyl (C=O) groups is 1. The summed E-state index contributed by atoms with van der Waals surface area (Å²) in [6, 6.07) is 0. The van der Waals surface area contributed by atoms with Gasteiger partial charge in [0.15, 0.2) is 5.69 Å². The summed E-state index contributed by atoms with van der Waals surface area (Å²) in [6.45, 7) is 7.94. The van der Waals surface area contributed by atoms with Crippen molar-refractivity contribution in [2.24, 2.45) is 0 Å². The van der Waals surface area contributed by atoms with Gasteiger partial charge in [-0.15, -0.1) is 5.10 Å². The Hall–Kier alpha value is -1.43. The number of methoxy groups -OCH3 is 1. The molecule has 6 nitrogen and oxygen atoms in total. The summed E-state index contributed by atoms with van der Waals surface area (Å²) in [4.78, 5) is 11.6. The number of aromatic nitrogens is 3. The van der Waals surface area contributed by atoms with Crippen LogP contribution in [0.15, 0.2) is 0 Å². The Labute approximate surface area is 107 Å². The van der Waals surface area contributed by atoms with Crippen LogP contribution in [0.5, 0.6) is 0 Å². The first kappa shape index (κ1) is 14.6. The molecule has 0 aliphatic carbocycles. The quantitative estimate of drug-likeness (QED) is 0.547. The average Bonchev–Trinajstić information content (AvgIpc) is 2.77. The van der Waals surface area contributed by atoms with Gasteiger partial charge in [-0.2, -0.15) is 0 Å². The van der Waals surface area contributed by atoms with Crippen molar-refractivity contribution < 1.29 is 14.3 Å². The number of nitrogens with zero attached hydrogens (tertiary/aromatic N) is 3. The Balaban J connectivity index is 2.79. The van der Waals surface area contributed by atoms with Crippen molar-refractivity contribution in [2.45, 2.75) is 39.7 Å². The average molecular weight is 255 g/mol. The SMILES string of the molecule is CCCOCCn1nnc(C(=O)OC)c1C(C)C. The van der Waals surface area contributed by atoms with Crippen LogP contribution in [0.4, 0.5) is 0 Å². The summed E-state index contributed by atoms with van der Waals surface area (Å²) in [7, 11) is 1.34. The van der Waals surface area contributed by atoms with E-state index in [1.165, 1.54) is 7.11 Å². The summed E-state index contributed by atoms with van der Waals surface area (Å²) in [5, 5.41) is 7.88. The molecule has 0 aliphatic rings. The van der Waals surface area contributed by atoms with Crippen LogP contribution < -0.4 is 0 Å². The molecule has 0 saturated carbocycles. The molecule has 6 heteroatoms. The Morgan fingerprint density at radius 2 is 2.11 bits per heavy atom. The fourth-order valence-corrected chi connectivity index (χ4v) is 1.70. The van der Waals surface area contributed by atoms with Crippen LogP contribution in [0, 0.1) is 0 Å². The molecule has 0 N–H and O–H groups in total. The first-order chi connectivity index (χ1) is 8.61. The van der Waals surface area contributed by atoms with Gasteiger partial charge in [0.25, 0.3) is 0 Å². The molecule has 1 aromatic rings. The third kappa shape index (κ3) is 3.53. The molecule has 0 aliphatic heterocycles. The normalized spacial score (nSPS) is 10.9. The minimum Gasteiger partial charge on any atom is -0.464 e. The van der Waals surface area contributed by atoms with Gasteiger partial charge >= 0.3 is 5.97 Å². The second-order valence-electron chi connectivity index (χ2n) is 4.31. The van der Waals surface area contributed by atoms with Crippen molar-refractivity contribution in [1.82, 2.24) is 15.0 Å². The van der Waals surface area contributed by atoms with Gasteiger partial charge in [0, 0.05) is 6.61 Å². The summed E-state index contributed by atoms with van der Waals surface area (Å²) in [5.41, 5.74) is 1.09. The van der Waals surface area contributed by atoms with E-state index in [2.05, 4.69) is 17.2 Å². The van der Waals surface area contributed by atoms with E-state index in [0.29, 0.717) is 18.8 Å². The van der Waals surface area contributed by atoms with E-state index in [1.54, 1.807) is 4.68 Å². The standard InChI is InChI=1S/C12H21N3O3/c1-5-7-18-8-6-15-11(9(2)3)10(13-14-15)12(16)17-4/h9H,5-8H2,1-4H3. The van der Waals surface area contributed by atoms with Crippen LogP contribution in [0.3, 0.4) is 0 Å². The van der Waals surface area contributed by atoms with Crippen LogP contribution in [0.2, 0.25) is 0 Å². The van der Waals surface area contributed by atoms with E-state index in [9.17, 15) is 4.79 Å². The molecular formula is C12H21N3O3. The fourth-order valence-electron chi connectivity index (χ4n) is 1.70. The Kier molecular flexibility index (Phi) is 5.77. The highest BCUT2D eigenvalue weighted by atomic mass is 16.5. The minimum absolute atomic E-state index is 0.153. The van der Waals surface area contributed by atoms with E-state index < -0.39 is 5.97 Å². The molecule has 1 heterocycles. The molecule has 0 amide bonds. The number of esters is 1. The largest absolute Gasteiger partial charge is 0.464 e. The van der Waals surface area contributed by atoms with E-state index in [0.717, 1.165) is 18.7 Å². The van der Waals surface area contributed by atoms with Gasteiger partial charge < -0.3 is 9.47 Å². The molecule has 0 bridgehead atoms. The van der Waals surface area contributed by atoms with Crippen LogP contribution in [-0.4, -0.2) is 41.3 Å². The molecule has 1 aromatic heterocycles. The molecule has 0 spiro atoms. The first-order valence-electron chi connectivity index (χ1n) is 6.21. The lowest BCUT2D eigenvalue weighted by molar-refractivity contribution is 0.0592. The van der Waals surface area contributed by atoms with E-state index >= 15 is 0 Å². The summed E-state index contributed by atoms with van der Waals surface area (Å²) in [6.07, 6.45) is 0.988. The fraction of sp³-hybridized carbons (Fsp3) is 0.750. The minimum atomic E-state index is -0.445. The van der Waals surface area contributed by atoms with Gasteiger partial charge in [-0.05, 0) is 12.3 Å². The third-order valence-corrected chi connectivity index (χ3v) is 2.49. The lowest BCUT2D eigenvalue weighted by Crippen LogP contribution is -2.14. The Morgan fingerprint density at radius 3 is 2.67 bits per heavy atom. The topological polar surface area (TPSA) is 66.2 Å². The zero-order valence-electron chi connectivity index (χ0n) is 11.5. The zero-order valence-corrected chi connectivity index (χ0v) is 11.5. The van der Waals surface area contributed by atoms with Crippen LogP contribution in [-0.2, 0) is 16.0 Å². The smallest absolute Gasteiger partial charge is 0.360 e. The molecule has 0 aromatic carbocycles. The molecule has 102 valence electrons. The number of carbonyl (C=O) groups excluding carboxylic acids is 1. The van der Waals surface area contributed by atoms with Crippen molar-refractivity contribution in [2.75, 3.05) is 20.3 Å². The van der Waals surface area contributed by atoms with Crippen molar-refractivity contribution in [3.63, 3.8) is 0 Å². The van der Waals surface area contributed by atoms with E-state index in [1.807, 2.05) is 13.8 Å². The number of rotatable bonds is 7. The number of hydrogen-bond acceptors (Lipinski definition) is 5. The monoisotopic (exact) mass is 255 g/mol. The molecule has 0 atom stereocenters. The summed E-state index contributed by atoms with van der Waals surface area (Å²) < 4.78 is 11.8. The summed E-state index contributed by atoms with van der Waals surface area (Å²) >= 11 is 0. The maximum Gasteiger partial charge on any atom is 0.360 e. The molecule has 0 unspecified atom stereocenters. The molecule has 1 rings (SSSR count). The van der Waals surface area contributed by atoms with Gasteiger partial charge in [0.05, 0.1) is 26.0 Å². The van der Waals surface area contributed by atoms with Gasteiger partial charge in [0.1, 0.15) is 0 Å². The molecule has 0 radical (unpaired) electrons. The Bertz CT molecular complexity index is 388. The van der Waals surface area contributed by atoms with E-state index in [4.69, 9.17) is 9.47 Å². The van der Waals surface area contributed by atoms with Crippen molar-refractivity contribution in [1.29, 1.82) is 0 Å². The second kappa shape index (κ2) is 7.10. The lowest BCUT2D eigenvalue weighted by Gasteiger charge is -2.10. The number of hydrogen-bond donors (Lipinski definition) is 0. The maximum atomic E-state index is 11.6. The predicted molar refractivity (Wildman–Crippen MR) is 66.6 cm³/mol. The summed E-state index contributed by atoms with van der Waals surface area (Å²) in [5.74, 6) is -0.292. The van der Waals surface area contributed by atoms with Gasteiger partial charge in [0.2, 0.25) is 0 Å². The van der Waals surface area contributed by atoms with Gasteiger partial charge in [-0.1, -0.05) is 26.0 Å². The molecule has 0 fully saturated rings. The second-order valence-corrected chi connectivity index (χ2v) is 4.31. The highest BCUT2D eigenvalue weighted by Gasteiger charge is 2.22. The lowest BCUT2D eigenvalue weighted by atomic mass is 10.1. The molecule has 18 heavy (non-hydrogen) atoms. The van der Waals surface area contributed by atoms with Gasteiger partial charge in [-0.3, -0.25) is 0 Å².